The Morgan fingerprint density at radius 3 is 2.55 bits per heavy atom. The van der Waals surface area contributed by atoms with Gasteiger partial charge in [-0.3, -0.25) is 4.79 Å². The maximum atomic E-state index is 13.7. The Balaban J connectivity index is 1.99. The molecule has 2 unspecified atom stereocenters. The van der Waals surface area contributed by atoms with E-state index in [4.69, 9.17) is 5.11 Å². The van der Waals surface area contributed by atoms with Gasteiger partial charge in [-0.2, -0.15) is 0 Å². The van der Waals surface area contributed by atoms with Crippen molar-refractivity contribution in [3.63, 3.8) is 0 Å². The van der Waals surface area contributed by atoms with E-state index in [9.17, 15) is 18.4 Å². The molecule has 0 bridgehead atoms. The molecule has 1 aromatic carbocycles. The van der Waals surface area contributed by atoms with E-state index < -0.39 is 41.4 Å². The molecule has 22 heavy (non-hydrogen) atoms. The van der Waals surface area contributed by atoms with Gasteiger partial charge < -0.3 is 10.4 Å². The maximum absolute atomic E-state index is 13.7. The molecule has 0 saturated heterocycles. The number of rotatable bonds is 7. The molecule has 0 aliphatic heterocycles. The lowest BCUT2D eigenvalue weighted by atomic mass is 10.1. The van der Waals surface area contributed by atoms with E-state index in [1.54, 1.807) is 0 Å². The van der Waals surface area contributed by atoms with Gasteiger partial charge in [0.15, 0.2) is 0 Å². The van der Waals surface area contributed by atoms with Gasteiger partial charge in [-0.1, -0.05) is 25.8 Å². The van der Waals surface area contributed by atoms with Crippen LogP contribution in [0.3, 0.4) is 0 Å². The molecule has 0 radical (unpaired) electrons. The first-order valence-electron chi connectivity index (χ1n) is 7.42. The number of hydrogen-bond acceptors (Lipinski definition) is 2. The number of carbonyl (C=O) groups is 2. The van der Waals surface area contributed by atoms with Gasteiger partial charge in [-0.25, -0.2) is 13.6 Å². The normalized spacial score (nSPS) is 21.2. The van der Waals surface area contributed by atoms with Crippen LogP contribution in [0.25, 0.3) is 0 Å². The summed E-state index contributed by atoms with van der Waals surface area (Å²) in [5.41, 5.74) is -0.0805. The molecule has 0 aromatic heterocycles. The van der Waals surface area contributed by atoms with Gasteiger partial charge in [0.25, 0.3) is 0 Å². The summed E-state index contributed by atoms with van der Waals surface area (Å²) in [5.74, 6) is -3.94. The van der Waals surface area contributed by atoms with Crippen LogP contribution >= 0.6 is 0 Å². The largest absolute Gasteiger partial charge is 0.480 e. The molecule has 1 aromatic rings. The van der Waals surface area contributed by atoms with Crippen LogP contribution in [0.4, 0.5) is 8.78 Å². The number of hydrogen-bond donors (Lipinski definition) is 2. The Hall–Kier alpha value is -1.98. The zero-order valence-corrected chi connectivity index (χ0v) is 12.3. The molecule has 3 atom stereocenters. The first kappa shape index (κ1) is 16.4. The number of benzene rings is 1. The molecule has 2 N–H and O–H groups in total. The van der Waals surface area contributed by atoms with Crippen LogP contribution in [0.2, 0.25) is 0 Å². The van der Waals surface area contributed by atoms with Crippen molar-refractivity contribution in [3.05, 3.63) is 35.4 Å². The van der Waals surface area contributed by atoms with E-state index >= 15 is 0 Å². The summed E-state index contributed by atoms with van der Waals surface area (Å²) in [4.78, 5) is 23.2. The van der Waals surface area contributed by atoms with Crippen molar-refractivity contribution in [2.75, 3.05) is 0 Å². The number of aliphatic carboxylic acids is 1. The third kappa shape index (κ3) is 3.61. The lowest BCUT2D eigenvalue weighted by Gasteiger charge is -2.14. The quantitative estimate of drug-likeness (QED) is 0.814. The first-order chi connectivity index (χ1) is 10.5. The highest BCUT2D eigenvalue weighted by atomic mass is 19.1. The third-order valence-corrected chi connectivity index (χ3v) is 3.96. The zero-order chi connectivity index (χ0) is 16.3. The van der Waals surface area contributed by atoms with Gasteiger partial charge in [0.1, 0.15) is 17.7 Å². The van der Waals surface area contributed by atoms with E-state index in [1.165, 1.54) is 6.07 Å². The minimum atomic E-state index is -1.09. The number of amides is 1. The number of unbranched alkanes of at least 4 members (excludes halogenated alkanes) is 1. The van der Waals surface area contributed by atoms with Gasteiger partial charge in [-0.05, 0) is 25.0 Å². The summed E-state index contributed by atoms with van der Waals surface area (Å²) in [5, 5.41) is 11.6. The SMILES string of the molecule is CCCC[C@H](NC(=O)C1CC1c1c(F)cccc1F)C(=O)O. The van der Waals surface area contributed by atoms with E-state index in [2.05, 4.69) is 5.32 Å². The fourth-order valence-electron chi connectivity index (χ4n) is 2.61. The summed E-state index contributed by atoms with van der Waals surface area (Å²) in [6.07, 6.45) is 2.20. The first-order valence-corrected chi connectivity index (χ1v) is 7.42. The van der Waals surface area contributed by atoms with Crippen LogP contribution in [0.15, 0.2) is 18.2 Å². The molecule has 0 spiro atoms. The lowest BCUT2D eigenvalue weighted by molar-refractivity contribution is -0.142. The number of carboxylic acid groups (broad SMARTS) is 1. The van der Waals surface area contributed by atoms with E-state index in [0.717, 1.165) is 18.6 Å². The molecule has 120 valence electrons. The maximum Gasteiger partial charge on any atom is 0.326 e. The van der Waals surface area contributed by atoms with Crippen molar-refractivity contribution in [1.29, 1.82) is 0 Å². The van der Waals surface area contributed by atoms with Gasteiger partial charge in [0.2, 0.25) is 5.91 Å². The summed E-state index contributed by atoms with van der Waals surface area (Å²) < 4.78 is 27.3. The monoisotopic (exact) mass is 311 g/mol. The summed E-state index contributed by atoms with van der Waals surface area (Å²) >= 11 is 0. The molecule has 2 rings (SSSR count). The van der Waals surface area contributed by atoms with Crippen molar-refractivity contribution >= 4 is 11.9 Å². The fraction of sp³-hybridized carbons (Fsp3) is 0.500. The van der Waals surface area contributed by atoms with Crippen LogP contribution < -0.4 is 5.32 Å². The second kappa shape index (κ2) is 6.85. The summed E-state index contributed by atoms with van der Waals surface area (Å²) in [6.45, 7) is 1.93. The highest BCUT2D eigenvalue weighted by Gasteiger charge is 2.47. The Morgan fingerprint density at radius 2 is 2.00 bits per heavy atom. The average Bonchev–Trinajstić information content (AvgIpc) is 3.23. The Labute approximate surface area is 127 Å². The van der Waals surface area contributed by atoms with Crippen LogP contribution in [0.1, 0.15) is 44.1 Å². The molecule has 1 aliphatic carbocycles. The van der Waals surface area contributed by atoms with Crippen molar-refractivity contribution in [1.82, 2.24) is 5.32 Å². The number of nitrogens with one attached hydrogen (secondary N) is 1. The molecule has 1 saturated carbocycles. The van der Waals surface area contributed by atoms with E-state index in [1.807, 2.05) is 6.92 Å². The minimum absolute atomic E-state index is 0.0805. The van der Waals surface area contributed by atoms with Crippen LogP contribution in [0, 0.1) is 17.6 Å². The summed E-state index contributed by atoms with van der Waals surface area (Å²) in [7, 11) is 0. The number of carbonyl (C=O) groups excluding carboxylic acids is 1. The number of halogens is 2. The smallest absolute Gasteiger partial charge is 0.326 e. The number of carboxylic acids is 1. The van der Waals surface area contributed by atoms with Crippen LogP contribution in [-0.4, -0.2) is 23.0 Å². The molecule has 4 nitrogen and oxygen atoms in total. The average molecular weight is 311 g/mol. The van der Waals surface area contributed by atoms with Crippen molar-refractivity contribution in [2.24, 2.45) is 5.92 Å². The zero-order valence-electron chi connectivity index (χ0n) is 12.3. The van der Waals surface area contributed by atoms with E-state index in [0.29, 0.717) is 19.3 Å². The Morgan fingerprint density at radius 1 is 1.36 bits per heavy atom. The van der Waals surface area contributed by atoms with Crippen LogP contribution in [0.5, 0.6) is 0 Å². The third-order valence-electron chi connectivity index (χ3n) is 3.96. The molecule has 1 aliphatic rings. The van der Waals surface area contributed by atoms with Crippen molar-refractivity contribution in [2.45, 2.75) is 44.6 Å². The second-order valence-corrected chi connectivity index (χ2v) is 5.63. The van der Waals surface area contributed by atoms with Crippen molar-refractivity contribution in [3.8, 4) is 0 Å². The minimum Gasteiger partial charge on any atom is -0.480 e. The molecule has 1 fully saturated rings. The summed E-state index contributed by atoms with van der Waals surface area (Å²) in [6, 6.07) is 2.65. The highest BCUT2D eigenvalue weighted by Crippen LogP contribution is 2.49. The molecule has 0 heterocycles. The van der Waals surface area contributed by atoms with Gasteiger partial charge in [0.05, 0.1) is 0 Å². The van der Waals surface area contributed by atoms with Gasteiger partial charge in [0, 0.05) is 17.4 Å². The fourth-order valence-corrected chi connectivity index (χ4v) is 2.61. The Kier molecular flexibility index (Phi) is 5.11. The predicted molar refractivity (Wildman–Crippen MR) is 76.3 cm³/mol. The van der Waals surface area contributed by atoms with Gasteiger partial charge in [-0.15, -0.1) is 0 Å². The molecule has 6 heteroatoms. The van der Waals surface area contributed by atoms with E-state index in [-0.39, 0.29) is 5.56 Å². The molecular formula is C16H19F2NO3. The topological polar surface area (TPSA) is 66.4 Å². The lowest BCUT2D eigenvalue weighted by Crippen LogP contribution is -2.41. The molecular weight excluding hydrogens is 292 g/mol. The predicted octanol–water partition coefficient (Wildman–Crippen LogP) is 2.83. The van der Waals surface area contributed by atoms with Gasteiger partial charge >= 0.3 is 5.97 Å². The Bertz CT molecular complexity index is 556. The van der Waals surface area contributed by atoms with Crippen LogP contribution in [-0.2, 0) is 9.59 Å². The molecule has 1 amide bonds. The van der Waals surface area contributed by atoms with Crippen molar-refractivity contribution < 1.29 is 23.5 Å². The highest BCUT2D eigenvalue weighted by molar-refractivity contribution is 5.87. The second-order valence-electron chi connectivity index (χ2n) is 5.63. The standard InChI is InChI=1S/C16H19F2NO3/c1-2-3-7-13(16(21)22)19-15(20)10-8-9(10)14-11(17)5-4-6-12(14)18/h4-6,9-10,13H,2-3,7-8H2,1H3,(H,19,20)(H,21,22)/t9?,10?,13-/m0/s1.